The summed E-state index contributed by atoms with van der Waals surface area (Å²) >= 11 is 12.8. The fraction of sp³-hybridized carbons (Fsp3) is 0.250. The maximum atomic E-state index is 5.94. The van der Waals surface area contributed by atoms with Crippen molar-refractivity contribution in [3.05, 3.63) is 33.3 Å². The first-order valence-corrected chi connectivity index (χ1v) is 5.29. The third kappa shape index (κ3) is 2.46. The van der Waals surface area contributed by atoms with E-state index in [1.807, 2.05) is 25.1 Å². The Labute approximate surface area is 88.2 Å². The van der Waals surface area contributed by atoms with Crippen molar-refractivity contribution in [2.75, 3.05) is 0 Å². The zero-order valence-corrected chi connectivity index (χ0v) is 9.87. The van der Waals surface area contributed by atoms with Gasteiger partial charge in [0.05, 0.1) is 0 Å². The van der Waals surface area contributed by atoms with Crippen molar-refractivity contribution in [2.24, 2.45) is 0 Å². The molecule has 0 nitrogen and oxygen atoms in total. The minimum Gasteiger partial charge on any atom is -0.0841 e. The zero-order chi connectivity index (χ0) is 8.43. The number of benzene rings is 1. The minimum atomic E-state index is 0.299. The third-order valence-electron chi connectivity index (χ3n) is 1.39. The van der Waals surface area contributed by atoms with Crippen LogP contribution in [0.15, 0.2) is 22.7 Å². The smallest absolute Gasteiger partial charge is 0.0450 e. The van der Waals surface area contributed by atoms with Crippen LogP contribution in [0.3, 0.4) is 0 Å². The molecule has 0 bridgehead atoms. The van der Waals surface area contributed by atoms with Crippen molar-refractivity contribution in [2.45, 2.75) is 11.8 Å². The van der Waals surface area contributed by atoms with Crippen molar-refractivity contribution < 1.29 is 0 Å². The van der Waals surface area contributed by atoms with Crippen LogP contribution < -0.4 is 0 Å². The second kappa shape index (κ2) is 3.92. The maximum absolute atomic E-state index is 5.94. The molecule has 0 aromatic heterocycles. The van der Waals surface area contributed by atoms with Gasteiger partial charge in [-0.1, -0.05) is 43.5 Å². The Morgan fingerprint density at radius 1 is 1.45 bits per heavy atom. The summed E-state index contributed by atoms with van der Waals surface area (Å²) in [6.07, 6.45) is 0. The van der Waals surface area contributed by atoms with Crippen LogP contribution in [0.25, 0.3) is 0 Å². The van der Waals surface area contributed by atoms with Crippen molar-refractivity contribution in [3.8, 4) is 0 Å². The van der Waals surface area contributed by atoms with Gasteiger partial charge >= 0.3 is 0 Å². The van der Waals surface area contributed by atoms with Crippen LogP contribution in [-0.4, -0.2) is 0 Å². The molecule has 1 unspecified atom stereocenters. The first-order chi connectivity index (χ1) is 5.11. The molecule has 1 rings (SSSR count). The molecule has 0 aliphatic heterocycles. The normalized spacial score (nSPS) is 13.1. The maximum Gasteiger partial charge on any atom is 0.0450 e. The lowest BCUT2D eigenvalue weighted by molar-refractivity contribution is 1.12. The minimum absolute atomic E-state index is 0.299. The molecule has 3 heteroatoms. The van der Waals surface area contributed by atoms with Crippen molar-refractivity contribution in [3.63, 3.8) is 0 Å². The molecule has 0 aliphatic carbocycles. The summed E-state index contributed by atoms with van der Waals surface area (Å²) in [5.41, 5.74) is 1.11. The Morgan fingerprint density at radius 2 is 2.09 bits per heavy atom. The topological polar surface area (TPSA) is 0 Å². The van der Waals surface area contributed by atoms with Gasteiger partial charge in [-0.25, -0.2) is 0 Å². The van der Waals surface area contributed by atoms with E-state index in [0.29, 0.717) is 4.83 Å². The van der Waals surface area contributed by atoms with Crippen molar-refractivity contribution >= 4 is 43.5 Å². The van der Waals surface area contributed by atoms with Gasteiger partial charge in [-0.3, -0.25) is 0 Å². The largest absolute Gasteiger partial charge is 0.0841 e. The Morgan fingerprint density at radius 3 is 2.55 bits per heavy atom. The molecular weight excluding hydrogens is 291 g/mol. The van der Waals surface area contributed by atoms with Gasteiger partial charge in [0, 0.05) is 14.3 Å². The molecule has 1 aromatic rings. The van der Waals surface area contributed by atoms with Crippen LogP contribution in [-0.2, 0) is 0 Å². The molecule has 60 valence electrons. The van der Waals surface area contributed by atoms with Gasteiger partial charge in [0.25, 0.3) is 0 Å². The lowest BCUT2D eigenvalue weighted by Crippen LogP contribution is -1.84. The number of rotatable bonds is 1. The lowest BCUT2D eigenvalue weighted by atomic mass is 10.2. The molecule has 0 N–H and O–H groups in total. The average Bonchev–Trinajstić information content (AvgIpc) is 1.94. The molecule has 0 radical (unpaired) electrons. The van der Waals surface area contributed by atoms with E-state index in [-0.39, 0.29) is 0 Å². The Bertz CT molecular complexity index is 258. The molecule has 0 saturated heterocycles. The second-order valence-electron chi connectivity index (χ2n) is 2.28. The molecule has 0 fully saturated rings. The van der Waals surface area contributed by atoms with Gasteiger partial charge in [0.1, 0.15) is 0 Å². The summed E-state index contributed by atoms with van der Waals surface area (Å²) in [6.45, 7) is 2.05. The first-order valence-electron chi connectivity index (χ1n) is 3.20. The second-order valence-corrected chi connectivity index (χ2v) is 4.98. The highest BCUT2D eigenvalue weighted by molar-refractivity contribution is 9.10. The molecule has 0 saturated carbocycles. The van der Waals surface area contributed by atoms with E-state index in [0.717, 1.165) is 15.1 Å². The number of halogens is 3. The molecule has 11 heavy (non-hydrogen) atoms. The van der Waals surface area contributed by atoms with Crippen LogP contribution in [0.4, 0.5) is 0 Å². The summed E-state index contributed by atoms with van der Waals surface area (Å²) < 4.78 is 1.06. The van der Waals surface area contributed by atoms with Gasteiger partial charge in [-0.15, -0.1) is 0 Å². The SMILES string of the molecule is CC(Br)c1cc(Br)ccc1Cl. The Hall–Kier alpha value is 0.470. The lowest BCUT2D eigenvalue weighted by Gasteiger charge is -2.05. The van der Waals surface area contributed by atoms with Crippen LogP contribution in [0, 0.1) is 0 Å². The summed E-state index contributed by atoms with van der Waals surface area (Å²) in [4.78, 5) is 0.299. The molecular formula is C8H7Br2Cl. The molecule has 0 aliphatic rings. The van der Waals surface area contributed by atoms with Crippen LogP contribution >= 0.6 is 43.5 Å². The van der Waals surface area contributed by atoms with Crippen LogP contribution in [0.2, 0.25) is 5.02 Å². The first kappa shape index (κ1) is 9.56. The Balaban J connectivity index is 3.13. The number of alkyl halides is 1. The summed E-state index contributed by atoms with van der Waals surface area (Å²) in [5.74, 6) is 0. The van der Waals surface area contributed by atoms with Gasteiger partial charge in [-0.2, -0.15) is 0 Å². The van der Waals surface area contributed by atoms with E-state index in [2.05, 4.69) is 31.9 Å². The predicted octanol–water partition coefficient (Wildman–Crippen LogP) is 4.56. The zero-order valence-electron chi connectivity index (χ0n) is 5.94. The highest BCUT2D eigenvalue weighted by Crippen LogP contribution is 2.30. The molecule has 1 aromatic carbocycles. The van der Waals surface area contributed by atoms with Gasteiger partial charge in [0.2, 0.25) is 0 Å². The van der Waals surface area contributed by atoms with Gasteiger partial charge in [0.15, 0.2) is 0 Å². The van der Waals surface area contributed by atoms with E-state index >= 15 is 0 Å². The number of hydrogen-bond donors (Lipinski definition) is 0. The highest BCUT2D eigenvalue weighted by atomic mass is 79.9. The van der Waals surface area contributed by atoms with E-state index in [1.54, 1.807) is 0 Å². The molecule has 0 heterocycles. The summed E-state index contributed by atoms with van der Waals surface area (Å²) in [5, 5.41) is 0.803. The Kier molecular flexibility index (Phi) is 3.41. The van der Waals surface area contributed by atoms with Gasteiger partial charge in [-0.05, 0) is 30.7 Å². The summed E-state index contributed by atoms with van der Waals surface area (Å²) in [7, 11) is 0. The van der Waals surface area contributed by atoms with E-state index in [9.17, 15) is 0 Å². The predicted molar refractivity (Wildman–Crippen MR) is 56.5 cm³/mol. The quantitative estimate of drug-likeness (QED) is 0.667. The standard InChI is InChI=1S/C8H7Br2Cl/c1-5(9)7-4-6(10)2-3-8(7)11/h2-5H,1H3. The fourth-order valence-corrected chi connectivity index (χ4v) is 1.99. The fourth-order valence-electron chi connectivity index (χ4n) is 0.819. The molecule has 1 atom stereocenters. The average molecular weight is 298 g/mol. The monoisotopic (exact) mass is 296 g/mol. The van der Waals surface area contributed by atoms with Crippen LogP contribution in [0.5, 0.6) is 0 Å². The van der Waals surface area contributed by atoms with Crippen molar-refractivity contribution in [1.82, 2.24) is 0 Å². The molecule has 0 spiro atoms. The van der Waals surface area contributed by atoms with Crippen molar-refractivity contribution in [1.29, 1.82) is 0 Å². The highest BCUT2D eigenvalue weighted by Gasteiger charge is 2.05. The van der Waals surface area contributed by atoms with E-state index < -0.39 is 0 Å². The van der Waals surface area contributed by atoms with E-state index in [1.165, 1.54) is 0 Å². The molecule has 0 amide bonds. The van der Waals surface area contributed by atoms with E-state index in [4.69, 9.17) is 11.6 Å². The van der Waals surface area contributed by atoms with Gasteiger partial charge < -0.3 is 0 Å². The van der Waals surface area contributed by atoms with Crippen LogP contribution in [0.1, 0.15) is 17.3 Å². The third-order valence-corrected chi connectivity index (χ3v) is 2.72. The number of hydrogen-bond acceptors (Lipinski definition) is 0. The summed E-state index contributed by atoms with van der Waals surface area (Å²) in [6, 6.07) is 5.84.